The molecule has 4 heterocycles. The molecule has 0 unspecified atom stereocenters. The zero-order valence-corrected chi connectivity index (χ0v) is 19.8. The summed E-state index contributed by atoms with van der Waals surface area (Å²) >= 11 is 0. The smallest absolute Gasteiger partial charge is 0.262 e. The Hall–Kier alpha value is -4.68. The van der Waals surface area contributed by atoms with E-state index in [-0.39, 0.29) is 11.6 Å². The Morgan fingerprint density at radius 2 is 2.05 bits per heavy atom. The number of piperidine rings is 1. The molecule has 9 heteroatoms. The summed E-state index contributed by atoms with van der Waals surface area (Å²) in [5, 5.41) is 13.2. The Morgan fingerprint density at radius 1 is 1.14 bits per heavy atom. The van der Waals surface area contributed by atoms with Crippen LogP contribution in [-0.4, -0.2) is 50.0 Å². The van der Waals surface area contributed by atoms with Gasteiger partial charge in [0, 0.05) is 36.0 Å². The highest BCUT2D eigenvalue weighted by Gasteiger charge is 2.31. The number of benzene rings is 2. The summed E-state index contributed by atoms with van der Waals surface area (Å²) < 4.78 is 17.0. The van der Waals surface area contributed by atoms with E-state index in [1.54, 1.807) is 35.5 Å². The van der Waals surface area contributed by atoms with E-state index in [0.29, 0.717) is 29.2 Å². The first-order valence-electron chi connectivity index (χ1n) is 12.0. The van der Waals surface area contributed by atoms with Crippen LogP contribution in [0.15, 0.2) is 67.0 Å². The van der Waals surface area contributed by atoms with Crippen LogP contribution in [0.5, 0.6) is 0 Å². The van der Waals surface area contributed by atoms with E-state index in [1.807, 2.05) is 24.3 Å². The average molecular weight is 492 g/mol. The van der Waals surface area contributed by atoms with E-state index in [9.17, 15) is 4.79 Å². The molecule has 0 bridgehead atoms. The molecule has 1 aliphatic heterocycles. The number of anilines is 1. The van der Waals surface area contributed by atoms with Gasteiger partial charge < -0.3 is 5.32 Å². The van der Waals surface area contributed by atoms with Crippen LogP contribution in [0, 0.1) is 18.2 Å². The highest BCUT2D eigenvalue weighted by atomic mass is 19.1. The number of halogens is 1. The van der Waals surface area contributed by atoms with Gasteiger partial charge in [0.15, 0.2) is 5.65 Å². The largest absolute Gasteiger partial charge is 0.315 e. The van der Waals surface area contributed by atoms with Gasteiger partial charge >= 0.3 is 0 Å². The Kier molecular flexibility index (Phi) is 5.79. The van der Waals surface area contributed by atoms with Crippen LogP contribution in [-0.2, 0) is 0 Å². The van der Waals surface area contributed by atoms with Crippen LogP contribution in [0.3, 0.4) is 0 Å². The summed E-state index contributed by atoms with van der Waals surface area (Å²) in [7, 11) is 0. The van der Waals surface area contributed by atoms with E-state index in [0.717, 1.165) is 35.7 Å². The van der Waals surface area contributed by atoms with E-state index < -0.39 is 11.7 Å². The molecule has 37 heavy (non-hydrogen) atoms. The molecule has 3 aromatic heterocycles. The van der Waals surface area contributed by atoms with Gasteiger partial charge in [0.1, 0.15) is 17.2 Å². The number of hydrogen-bond acceptors (Lipinski definition) is 6. The van der Waals surface area contributed by atoms with E-state index >= 15 is 4.39 Å². The summed E-state index contributed by atoms with van der Waals surface area (Å²) in [4.78, 5) is 24.5. The lowest BCUT2D eigenvalue weighted by molar-refractivity contribution is 0.0968. The third kappa shape index (κ3) is 4.07. The molecule has 5 aromatic rings. The second-order valence-electron chi connectivity index (χ2n) is 8.90. The number of nitrogens with one attached hydrogen (secondary N) is 1. The van der Waals surface area contributed by atoms with Crippen LogP contribution in [0.25, 0.3) is 27.6 Å². The number of terminal acetylenes is 1. The molecule has 1 amide bonds. The Bertz CT molecular complexity index is 1680. The van der Waals surface area contributed by atoms with Crippen LogP contribution in [0.2, 0.25) is 0 Å². The molecule has 0 saturated carbocycles. The maximum Gasteiger partial charge on any atom is 0.262 e. The number of carbonyl (C=O) groups excluding carboxylic acids is 1. The van der Waals surface area contributed by atoms with Gasteiger partial charge in [-0.25, -0.2) is 14.4 Å². The first kappa shape index (κ1) is 22.8. The average Bonchev–Trinajstić information content (AvgIpc) is 3.38. The first-order chi connectivity index (χ1) is 18.1. The van der Waals surface area contributed by atoms with Gasteiger partial charge in [0.2, 0.25) is 0 Å². The molecule has 0 aliphatic carbocycles. The van der Waals surface area contributed by atoms with Gasteiger partial charge in [0.25, 0.3) is 5.91 Å². The Morgan fingerprint density at radius 3 is 2.86 bits per heavy atom. The Labute approximate surface area is 212 Å². The maximum atomic E-state index is 15.6. The van der Waals surface area contributed by atoms with E-state index in [1.165, 1.54) is 16.8 Å². The highest BCUT2D eigenvalue weighted by Crippen LogP contribution is 2.30. The molecular formula is C28H22FN7O. The number of carbonyl (C=O) groups is 1. The number of fused-ring (bicyclic) bond motifs is 2. The zero-order valence-electron chi connectivity index (χ0n) is 19.8. The third-order valence-corrected chi connectivity index (χ3v) is 6.63. The summed E-state index contributed by atoms with van der Waals surface area (Å²) in [6.45, 7) is 1.46. The van der Waals surface area contributed by atoms with Crippen molar-refractivity contribution in [2.75, 3.05) is 18.0 Å². The quantitative estimate of drug-likeness (QED) is 0.384. The standard InChI is InChI=1S/C28H22FN7O/c1-2-18-7-9-22-19(15-18)11-14-32-26(22)35(21-5-3-12-30-17-21)28(37)23-10-8-20(16-24(23)29)36-27-25(33-34-36)6-4-13-31-27/h1,4,6-11,13-16,21,30H,3,5,12,17H2/t21-/m1/s1. The Balaban J connectivity index is 1.43. The summed E-state index contributed by atoms with van der Waals surface area (Å²) in [5.41, 5.74) is 2.20. The normalized spacial score (nSPS) is 15.5. The number of pyridine rings is 2. The zero-order chi connectivity index (χ0) is 25.4. The topological polar surface area (TPSA) is 88.8 Å². The lowest BCUT2D eigenvalue weighted by Gasteiger charge is -2.34. The maximum absolute atomic E-state index is 15.6. The fraction of sp³-hybridized carbons (Fsp3) is 0.179. The fourth-order valence-electron chi connectivity index (χ4n) is 4.81. The van der Waals surface area contributed by atoms with Crippen LogP contribution in [0.4, 0.5) is 10.2 Å². The lowest BCUT2D eigenvalue weighted by Crippen LogP contribution is -2.49. The molecule has 6 rings (SSSR count). The summed E-state index contributed by atoms with van der Waals surface area (Å²) in [6.07, 6.45) is 10.5. The molecule has 0 radical (unpaired) electrons. The fourth-order valence-corrected chi connectivity index (χ4v) is 4.81. The molecule has 1 N–H and O–H groups in total. The van der Waals surface area contributed by atoms with Gasteiger partial charge in [0.05, 0.1) is 17.3 Å². The van der Waals surface area contributed by atoms with Crippen molar-refractivity contribution in [3.63, 3.8) is 0 Å². The number of hydrogen-bond donors (Lipinski definition) is 1. The number of aromatic nitrogens is 5. The molecule has 1 saturated heterocycles. The van der Waals surface area contributed by atoms with E-state index in [2.05, 4.69) is 31.5 Å². The van der Waals surface area contributed by atoms with E-state index in [4.69, 9.17) is 6.42 Å². The van der Waals surface area contributed by atoms with Crippen molar-refractivity contribution >= 4 is 33.7 Å². The number of amides is 1. The molecule has 8 nitrogen and oxygen atoms in total. The first-order valence-corrected chi connectivity index (χ1v) is 12.0. The third-order valence-electron chi connectivity index (χ3n) is 6.63. The van der Waals surface area contributed by atoms with Crippen LogP contribution in [0.1, 0.15) is 28.8 Å². The van der Waals surface area contributed by atoms with Gasteiger partial charge in [-0.3, -0.25) is 9.69 Å². The van der Waals surface area contributed by atoms with Gasteiger partial charge in [-0.1, -0.05) is 11.1 Å². The van der Waals surface area contributed by atoms with Gasteiger partial charge in [-0.05, 0) is 73.3 Å². The summed E-state index contributed by atoms with van der Waals surface area (Å²) in [6, 6.07) is 15.2. The second-order valence-corrected chi connectivity index (χ2v) is 8.90. The van der Waals surface area contributed by atoms with Crippen LogP contribution >= 0.6 is 0 Å². The minimum Gasteiger partial charge on any atom is -0.315 e. The minimum absolute atomic E-state index is 0.0502. The monoisotopic (exact) mass is 491 g/mol. The van der Waals surface area contributed by atoms with Gasteiger partial charge in [-0.15, -0.1) is 11.5 Å². The molecule has 1 fully saturated rings. The van der Waals surface area contributed by atoms with Crippen molar-refractivity contribution in [3.8, 4) is 18.0 Å². The van der Waals surface area contributed by atoms with Crippen molar-refractivity contribution < 1.29 is 9.18 Å². The van der Waals surface area contributed by atoms with Crippen molar-refractivity contribution in [1.82, 2.24) is 30.3 Å². The number of nitrogens with zero attached hydrogens (tertiary/aromatic N) is 6. The second kappa shape index (κ2) is 9.41. The van der Waals surface area contributed by atoms with Gasteiger partial charge in [-0.2, -0.15) is 4.68 Å². The lowest BCUT2D eigenvalue weighted by atomic mass is 10.0. The van der Waals surface area contributed by atoms with Crippen molar-refractivity contribution in [2.45, 2.75) is 18.9 Å². The minimum atomic E-state index is -0.661. The highest BCUT2D eigenvalue weighted by molar-refractivity contribution is 6.10. The molecule has 0 spiro atoms. The van der Waals surface area contributed by atoms with Crippen molar-refractivity contribution in [3.05, 3.63) is 83.9 Å². The van der Waals surface area contributed by atoms with Crippen LogP contribution < -0.4 is 10.2 Å². The van der Waals surface area contributed by atoms with Crippen molar-refractivity contribution in [1.29, 1.82) is 0 Å². The van der Waals surface area contributed by atoms with Crippen molar-refractivity contribution in [2.24, 2.45) is 0 Å². The molecular weight excluding hydrogens is 469 g/mol. The number of rotatable bonds is 4. The molecule has 182 valence electrons. The summed E-state index contributed by atoms with van der Waals surface area (Å²) in [5.74, 6) is 2.00. The predicted molar refractivity (Wildman–Crippen MR) is 139 cm³/mol. The molecule has 1 atom stereocenters. The predicted octanol–water partition coefficient (Wildman–Crippen LogP) is 3.88. The molecule has 1 aliphatic rings. The SMILES string of the molecule is C#Cc1ccc2c(N(C(=O)c3ccc(-n4nnc5cccnc54)cc3F)[C@@H]3CCCNC3)nccc2c1. The molecule has 2 aromatic carbocycles.